The molecule has 1 rings (SSSR count). The minimum atomic E-state index is 0. The third-order valence-electron chi connectivity index (χ3n) is 3.93. The predicted octanol–water partition coefficient (Wildman–Crippen LogP) is 2.73. The zero-order valence-electron chi connectivity index (χ0n) is 15.1. The van der Waals surface area contributed by atoms with Crippen LogP contribution >= 0.6 is 35.7 Å². The Hall–Kier alpha value is -0.440. The van der Waals surface area contributed by atoms with Crippen molar-refractivity contribution in [2.75, 3.05) is 45.2 Å². The van der Waals surface area contributed by atoms with Crippen molar-refractivity contribution >= 4 is 47.6 Å². The fourth-order valence-corrected chi connectivity index (χ4v) is 3.08. The highest BCUT2D eigenvalue weighted by Crippen LogP contribution is 2.22. The topological polar surface area (TPSA) is 56.7 Å². The summed E-state index contributed by atoms with van der Waals surface area (Å²) < 4.78 is 0. The maximum atomic E-state index is 11.7. The second kappa shape index (κ2) is 14.9. The van der Waals surface area contributed by atoms with Crippen molar-refractivity contribution in [3.05, 3.63) is 12.7 Å². The van der Waals surface area contributed by atoms with Crippen LogP contribution in [-0.4, -0.2) is 62.0 Å². The first-order chi connectivity index (χ1) is 11.1. The monoisotopic (exact) mass is 468 g/mol. The Morgan fingerprint density at radius 1 is 1.29 bits per heavy atom. The van der Waals surface area contributed by atoms with Crippen LogP contribution in [0.5, 0.6) is 0 Å². The van der Waals surface area contributed by atoms with Crippen LogP contribution in [0.2, 0.25) is 0 Å². The summed E-state index contributed by atoms with van der Waals surface area (Å²) in [6.07, 6.45) is 8.55. The van der Waals surface area contributed by atoms with Crippen LogP contribution in [0.1, 0.15) is 32.1 Å². The molecule has 0 spiro atoms. The second-order valence-corrected chi connectivity index (χ2v) is 7.28. The van der Waals surface area contributed by atoms with E-state index in [1.165, 1.54) is 32.1 Å². The van der Waals surface area contributed by atoms with Crippen molar-refractivity contribution in [3.63, 3.8) is 0 Å². The van der Waals surface area contributed by atoms with Crippen LogP contribution in [0.15, 0.2) is 17.6 Å². The van der Waals surface area contributed by atoms with E-state index < -0.39 is 0 Å². The van der Waals surface area contributed by atoms with Gasteiger partial charge in [0.1, 0.15) is 6.54 Å². The zero-order chi connectivity index (χ0) is 16.9. The molecule has 1 fully saturated rings. The molecule has 140 valence electrons. The van der Waals surface area contributed by atoms with Gasteiger partial charge in [-0.1, -0.05) is 25.3 Å². The minimum absolute atomic E-state index is 0. The summed E-state index contributed by atoms with van der Waals surface area (Å²) >= 11 is 1.83. The first-order valence-electron chi connectivity index (χ1n) is 8.54. The smallest absolute Gasteiger partial charge is 0.243 e. The van der Waals surface area contributed by atoms with Crippen molar-refractivity contribution in [2.45, 2.75) is 32.1 Å². The lowest BCUT2D eigenvalue weighted by atomic mass is 9.89. The van der Waals surface area contributed by atoms with E-state index in [9.17, 15) is 4.79 Å². The summed E-state index contributed by atoms with van der Waals surface area (Å²) in [7, 11) is 3.51. The Balaban J connectivity index is 0.00000529. The molecular weight excluding hydrogens is 435 g/mol. The Bertz CT molecular complexity index is 385. The molecule has 1 aliphatic rings. The fourth-order valence-electron chi connectivity index (χ4n) is 2.50. The summed E-state index contributed by atoms with van der Waals surface area (Å²) in [5.74, 6) is 3.46. The number of carbonyl (C=O) groups excluding carboxylic acids is 1. The Labute approximate surface area is 168 Å². The molecule has 0 atom stereocenters. The maximum absolute atomic E-state index is 11.7. The zero-order valence-corrected chi connectivity index (χ0v) is 18.2. The van der Waals surface area contributed by atoms with Crippen LogP contribution in [0.3, 0.4) is 0 Å². The number of carbonyl (C=O) groups is 1. The van der Waals surface area contributed by atoms with Gasteiger partial charge < -0.3 is 15.5 Å². The molecule has 7 heteroatoms. The second-order valence-electron chi connectivity index (χ2n) is 6.13. The maximum Gasteiger partial charge on any atom is 0.243 e. The molecule has 24 heavy (non-hydrogen) atoms. The van der Waals surface area contributed by atoms with E-state index in [4.69, 9.17) is 0 Å². The molecule has 0 radical (unpaired) electrons. The van der Waals surface area contributed by atoms with Crippen molar-refractivity contribution in [2.24, 2.45) is 10.9 Å². The molecule has 0 aromatic rings. The Kier molecular flexibility index (Phi) is 14.6. The van der Waals surface area contributed by atoms with Gasteiger partial charge in [0.2, 0.25) is 5.91 Å². The molecule has 0 unspecified atom stereocenters. The number of nitrogens with zero attached hydrogens (tertiary/aromatic N) is 2. The summed E-state index contributed by atoms with van der Waals surface area (Å²) in [5.41, 5.74) is 0. The van der Waals surface area contributed by atoms with Gasteiger partial charge in [0.25, 0.3) is 0 Å². The van der Waals surface area contributed by atoms with E-state index in [2.05, 4.69) is 22.2 Å². The number of thioether (sulfide) groups is 1. The van der Waals surface area contributed by atoms with Gasteiger partial charge in [-0.3, -0.25) is 4.79 Å². The van der Waals surface area contributed by atoms with Gasteiger partial charge in [0.15, 0.2) is 5.96 Å². The van der Waals surface area contributed by atoms with Crippen LogP contribution < -0.4 is 10.6 Å². The van der Waals surface area contributed by atoms with Crippen LogP contribution in [0, 0.1) is 5.92 Å². The summed E-state index contributed by atoms with van der Waals surface area (Å²) in [5, 5.41) is 6.74. The molecule has 1 aliphatic carbocycles. The van der Waals surface area contributed by atoms with Gasteiger partial charge in [-0.15, -0.1) is 30.6 Å². The quantitative estimate of drug-likeness (QED) is 0.180. The Morgan fingerprint density at radius 3 is 2.62 bits per heavy atom. The fraction of sp³-hybridized carbons (Fsp3) is 0.765. The van der Waals surface area contributed by atoms with Crippen molar-refractivity contribution in [1.82, 2.24) is 15.5 Å². The molecule has 0 bridgehead atoms. The summed E-state index contributed by atoms with van der Waals surface area (Å²) in [6, 6.07) is 0. The van der Waals surface area contributed by atoms with E-state index in [1.54, 1.807) is 19.0 Å². The predicted molar refractivity (Wildman–Crippen MR) is 117 cm³/mol. The normalized spacial score (nSPS) is 15.3. The number of nitrogens with one attached hydrogen (secondary N) is 2. The molecule has 0 aromatic heterocycles. The number of rotatable bonds is 9. The number of guanidine groups is 1. The van der Waals surface area contributed by atoms with E-state index in [-0.39, 0.29) is 36.4 Å². The van der Waals surface area contributed by atoms with E-state index in [0.29, 0.717) is 0 Å². The number of halogens is 1. The SMILES string of the molecule is C=CCSCCNC(=NCC(=O)N(C)C)NCC1CCCCC1.I. The van der Waals surface area contributed by atoms with Crippen LogP contribution in [0.25, 0.3) is 0 Å². The van der Waals surface area contributed by atoms with Gasteiger partial charge in [0.05, 0.1) is 0 Å². The van der Waals surface area contributed by atoms with Crippen molar-refractivity contribution < 1.29 is 4.79 Å². The lowest BCUT2D eigenvalue weighted by molar-refractivity contribution is -0.127. The summed E-state index contributed by atoms with van der Waals surface area (Å²) in [6.45, 7) is 5.69. The van der Waals surface area contributed by atoms with E-state index in [0.717, 1.165) is 36.5 Å². The molecule has 0 aliphatic heterocycles. The molecule has 0 saturated heterocycles. The highest BCUT2D eigenvalue weighted by atomic mass is 127. The van der Waals surface area contributed by atoms with E-state index >= 15 is 0 Å². The van der Waals surface area contributed by atoms with Crippen LogP contribution in [0.4, 0.5) is 0 Å². The lowest BCUT2D eigenvalue weighted by Crippen LogP contribution is -2.42. The molecular formula is C17H33IN4OS. The van der Waals surface area contributed by atoms with Gasteiger partial charge >= 0.3 is 0 Å². The van der Waals surface area contributed by atoms with Gasteiger partial charge in [-0.25, -0.2) is 4.99 Å². The lowest BCUT2D eigenvalue weighted by Gasteiger charge is -2.23. The number of likely N-dealkylation sites (N-methyl/N-ethyl adjacent to an activating group) is 1. The number of hydrogen-bond donors (Lipinski definition) is 2. The molecule has 2 N–H and O–H groups in total. The molecule has 5 nitrogen and oxygen atoms in total. The minimum Gasteiger partial charge on any atom is -0.356 e. The van der Waals surface area contributed by atoms with Gasteiger partial charge in [-0.2, -0.15) is 11.8 Å². The average molecular weight is 468 g/mol. The van der Waals surface area contributed by atoms with Gasteiger partial charge in [0, 0.05) is 38.7 Å². The van der Waals surface area contributed by atoms with E-state index in [1.807, 2.05) is 17.8 Å². The largest absolute Gasteiger partial charge is 0.356 e. The number of amides is 1. The molecule has 0 aromatic carbocycles. The molecule has 0 heterocycles. The third kappa shape index (κ3) is 11.2. The first-order valence-corrected chi connectivity index (χ1v) is 9.70. The summed E-state index contributed by atoms with van der Waals surface area (Å²) in [4.78, 5) is 17.7. The highest BCUT2D eigenvalue weighted by molar-refractivity contribution is 14.0. The van der Waals surface area contributed by atoms with Gasteiger partial charge in [-0.05, 0) is 18.8 Å². The Morgan fingerprint density at radius 2 is 2.00 bits per heavy atom. The highest BCUT2D eigenvalue weighted by Gasteiger charge is 2.14. The standard InChI is InChI=1S/C17H32N4OS.HI/c1-4-11-23-12-10-18-17(20-14-16(22)21(2)3)19-13-15-8-6-5-7-9-15;/h4,15H,1,5-14H2,2-3H3,(H2,18,19,20);1H. The molecule has 1 saturated carbocycles. The number of hydrogen-bond acceptors (Lipinski definition) is 3. The third-order valence-corrected chi connectivity index (χ3v) is 4.89. The first kappa shape index (κ1) is 23.6. The van der Waals surface area contributed by atoms with Crippen molar-refractivity contribution in [1.29, 1.82) is 0 Å². The number of aliphatic imine (C=N–C) groups is 1. The van der Waals surface area contributed by atoms with Crippen molar-refractivity contribution in [3.8, 4) is 0 Å². The average Bonchev–Trinajstić information content (AvgIpc) is 2.56. The van der Waals surface area contributed by atoms with Crippen LogP contribution in [-0.2, 0) is 4.79 Å². The molecule has 1 amide bonds.